The number of aldehydes is 1. The van der Waals surface area contributed by atoms with E-state index in [1.54, 1.807) is 0 Å². The molecule has 1 aromatic carbocycles. The van der Waals surface area contributed by atoms with Gasteiger partial charge in [-0.15, -0.1) is 0 Å². The van der Waals surface area contributed by atoms with Gasteiger partial charge in [-0.25, -0.2) is 8.78 Å². The Morgan fingerprint density at radius 3 is 1.86 bits per heavy atom. The fourth-order valence-electron chi connectivity index (χ4n) is 4.54. The average Bonchev–Trinajstić information content (AvgIpc) is 2.59. The van der Waals surface area contributed by atoms with Crippen LogP contribution in [0.3, 0.4) is 0 Å². The summed E-state index contributed by atoms with van der Waals surface area (Å²) in [4.78, 5) is 11.3. The highest BCUT2D eigenvalue weighted by molar-refractivity contribution is 6.78. The van der Waals surface area contributed by atoms with Gasteiger partial charge >= 0.3 is 0 Å². The molecule has 0 fully saturated rings. The molecular weight excluding hydrogens is 374 g/mol. The van der Waals surface area contributed by atoms with Crippen molar-refractivity contribution < 1.29 is 18.0 Å². The molecular formula is C23H38F2O2Si. The lowest BCUT2D eigenvalue weighted by Gasteiger charge is -2.42. The minimum Gasteiger partial charge on any atom is -0.539 e. The molecule has 5 heteroatoms. The number of hydrogen-bond acceptors (Lipinski definition) is 2. The standard InChI is InChI=1S/C23H38F2O2Si/c1-8-9-10-11-19(15-26)12-20-13-21(24)23(22(25)14-20)27-28(16(2)3,17(4)5)18(6)7/h13-19H,8-12H2,1-7H3. The molecule has 0 saturated carbocycles. The van der Waals surface area contributed by atoms with Crippen LogP contribution in [0.15, 0.2) is 12.1 Å². The molecule has 0 N–H and O–H groups in total. The van der Waals surface area contributed by atoms with Crippen molar-refractivity contribution in [2.45, 2.75) is 97.2 Å². The van der Waals surface area contributed by atoms with Crippen molar-refractivity contribution in [2.24, 2.45) is 5.92 Å². The van der Waals surface area contributed by atoms with Crippen LogP contribution < -0.4 is 4.43 Å². The number of halogens is 2. The van der Waals surface area contributed by atoms with E-state index < -0.39 is 20.0 Å². The molecule has 0 aliphatic heterocycles. The molecule has 0 spiro atoms. The van der Waals surface area contributed by atoms with Crippen molar-refractivity contribution in [3.63, 3.8) is 0 Å². The van der Waals surface area contributed by atoms with Crippen LogP contribution in [-0.4, -0.2) is 14.6 Å². The first-order valence-electron chi connectivity index (χ1n) is 10.7. The molecule has 0 heterocycles. The van der Waals surface area contributed by atoms with Crippen LogP contribution >= 0.6 is 0 Å². The lowest BCUT2D eigenvalue weighted by atomic mass is 9.95. The molecule has 0 amide bonds. The number of rotatable bonds is 12. The van der Waals surface area contributed by atoms with E-state index in [9.17, 15) is 13.6 Å². The van der Waals surface area contributed by atoms with Gasteiger partial charge in [-0.1, -0.05) is 67.7 Å². The molecule has 0 saturated heterocycles. The van der Waals surface area contributed by atoms with Gasteiger partial charge in [0.05, 0.1) is 0 Å². The molecule has 1 aromatic rings. The van der Waals surface area contributed by atoms with Gasteiger partial charge in [-0.05, 0) is 47.2 Å². The molecule has 0 radical (unpaired) electrons. The lowest BCUT2D eigenvalue weighted by Crippen LogP contribution is -2.51. The summed E-state index contributed by atoms with van der Waals surface area (Å²) >= 11 is 0. The maximum absolute atomic E-state index is 14.9. The van der Waals surface area contributed by atoms with Gasteiger partial charge in [0.1, 0.15) is 6.29 Å². The Morgan fingerprint density at radius 2 is 1.46 bits per heavy atom. The Labute approximate surface area is 171 Å². The largest absolute Gasteiger partial charge is 0.539 e. The number of carbonyl (C=O) groups is 1. The van der Waals surface area contributed by atoms with E-state index in [-0.39, 0.29) is 28.3 Å². The first kappa shape index (κ1) is 24.8. The summed E-state index contributed by atoms with van der Waals surface area (Å²) in [6, 6.07) is 2.68. The molecule has 1 rings (SSSR count). The van der Waals surface area contributed by atoms with Gasteiger partial charge in [0.25, 0.3) is 8.32 Å². The van der Waals surface area contributed by atoms with E-state index in [4.69, 9.17) is 4.43 Å². The topological polar surface area (TPSA) is 26.3 Å². The van der Waals surface area contributed by atoms with Crippen LogP contribution in [0.5, 0.6) is 5.75 Å². The minimum atomic E-state index is -2.45. The Bertz CT molecular complexity index is 584. The van der Waals surface area contributed by atoms with Crippen molar-refractivity contribution in [1.29, 1.82) is 0 Å². The van der Waals surface area contributed by atoms with Gasteiger partial charge < -0.3 is 9.22 Å². The summed E-state index contributed by atoms with van der Waals surface area (Å²) in [5.74, 6) is -1.77. The van der Waals surface area contributed by atoms with Crippen molar-refractivity contribution in [2.75, 3.05) is 0 Å². The normalized spacial score (nSPS) is 13.4. The second-order valence-electron chi connectivity index (χ2n) is 8.90. The van der Waals surface area contributed by atoms with Crippen molar-refractivity contribution in [3.8, 4) is 5.75 Å². The maximum atomic E-state index is 14.9. The van der Waals surface area contributed by atoms with E-state index in [2.05, 4.69) is 48.5 Å². The molecule has 2 nitrogen and oxygen atoms in total. The Kier molecular flexibility index (Phi) is 9.82. The highest BCUT2D eigenvalue weighted by Gasteiger charge is 2.47. The van der Waals surface area contributed by atoms with Gasteiger partial charge in [0.2, 0.25) is 0 Å². The van der Waals surface area contributed by atoms with Crippen molar-refractivity contribution in [3.05, 3.63) is 29.3 Å². The van der Waals surface area contributed by atoms with Crippen LogP contribution in [0.25, 0.3) is 0 Å². The first-order valence-corrected chi connectivity index (χ1v) is 12.9. The molecule has 0 bridgehead atoms. The van der Waals surface area contributed by atoms with Gasteiger partial charge in [-0.3, -0.25) is 0 Å². The predicted molar refractivity (Wildman–Crippen MR) is 115 cm³/mol. The predicted octanol–water partition coefficient (Wildman–Crippen LogP) is 7.46. The maximum Gasteiger partial charge on any atom is 0.259 e. The summed E-state index contributed by atoms with van der Waals surface area (Å²) in [7, 11) is -2.45. The second kappa shape index (κ2) is 11.1. The van der Waals surface area contributed by atoms with E-state index >= 15 is 0 Å². The zero-order valence-electron chi connectivity index (χ0n) is 18.6. The zero-order valence-corrected chi connectivity index (χ0v) is 19.6. The Balaban J connectivity index is 3.12. The quantitative estimate of drug-likeness (QED) is 0.202. The van der Waals surface area contributed by atoms with Crippen molar-refractivity contribution in [1.82, 2.24) is 0 Å². The third kappa shape index (κ3) is 5.88. The third-order valence-electron chi connectivity index (χ3n) is 5.91. The molecule has 0 aliphatic rings. The lowest BCUT2D eigenvalue weighted by molar-refractivity contribution is -0.111. The van der Waals surface area contributed by atoms with Gasteiger partial charge in [-0.2, -0.15) is 0 Å². The summed E-state index contributed by atoms with van der Waals surface area (Å²) in [5.41, 5.74) is 1.19. The van der Waals surface area contributed by atoms with E-state index in [0.29, 0.717) is 12.0 Å². The summed E-state index contributed by atoms with van der Waals surface area (Å²) in [6.45, 7) is 14.6. The third-order valence-corrected chi connectivity index (χ3v) is 11.9. The highest BCUT2D eigenvalue weighted by atomic mass is 28.4. The SMILES string of the molecule is CCCCCC(C=O)Cc1cc(F)c(O[Si](C(C)C)(C(C)C)C(C)C)c(F)c1. The van der Waals surface area contributed by atoms with Crippen LogP contribution in [0.2, 0.25) is 16.6 Å². The summed E-state index contributed by atoms with van der Waals surface area (Å²) in [5, 5.41) is 0. The molecule has 0 aliphatic carbocycles. The monoisotopic (exact) mass is 412 g/mol. The Morgan fingerprint density at radius 1 is 0.964 bits per heavy atom. The zero-order chi connectivity index (χ0) is 21.5. The first-order chi connectivity index (χ1) is 13.1. The summed E-state index contributed by atoms with van der Waals surface area (Å²) in [6.07, 6.45) is 5.12. The van der Waals surface area contributed by atoms with E-state index in [1.807, 2.05) is 0 Å². The van der Waals surface area contributed by atoms with Crippen LogP contribution in [0.1, 0.15) is 79.7 Å². The number of hydrogen-bond donors (Lipinski definition) is 0. The highest BCUT2D eigenvalue weighted by Crippen LogP contribution is 2.44. The molecule has 28 heavy (non-hydrogen) atoms. The van der Waals surface area contributed by atoms with Gasteiger partial charge in [0, 0.05) is 5.92 Å². The molecule has 1 atom stereocenters. The fraction of sp³-hybridized carbons (Fsp3) is 0.696. The van der Waals surface area contributed by atoms with Crippen LogP contribution in [0.4, 0.5) is 8.78 Å². The van der Waals surface area contributed by atoms with Gasteiger partial charge in [0.15, 0.2) is 17.4 Å². The fourth-order valence-corrected chi connectivity index (χ4v) is 9.79. The smallest absolute Gasteiger partial charge is 0.259 e. The number of benzene rings is 1. The minimum absolute atomic E-state index is 0.201. The number of unbranched alkanes of at least 4 members (excludes halogenated alkanes) is 2. The van der Waals surface area contributed by atoms with E-state index in [0.717, 1.165) is 32.0 Å². The molecule has 160 valence electrons. The van der Waals surface area contributed by atoms with E-state index in [1.165, 1.54) is 12.1 Å². The average molecular weight is 413 g/mol. The second-order valence-corrected chi connectivity index (χ2v) is 14.3. The van der Waals surface area contributed by atoms with Crippen LogP contribution in [-0.2, 0) is 11.2 Å². The number of carbonyl (C=O) groups excluding carboxylic acids is 1. The van der Waals surface area contributed by atoms with Crippen LogP contribution in [0, 0.1) is 17.6 Å². The molecule has 0 aromatic heterocycles. The Hall–Kier alpha value is -1.23. The molecule has 1 unspecified atom stereocenters. The summed E-state index contributed by atoms with van der Waals surface area (Å²) < 4.78 is 36.0. The van der Waals surface area contributed by atoms with Crippen molar-refractivity contribution >= 4 is 14.6 Å².